The molecule has 0 saturated carbocycles. The summed E-state index contributed by atoms with van der Waals surface area (Å²) < 4.78 is 19.1. The lowest BCUT2D eigenvalue weighted by Gasteiger charge is -2.31. The Bertz CT molecular complexity index is 483. The van der Waals surface area contributed by atoms with Gasteiger partial charge < -0.3 is 9.64 Å². The third kappa shape index (κ3) is 2.95. The summed E-state index contributed by atoms with van der Waals surface area (Å²) in [6, 6.07) is 2.67. The molecule has 3 nitrogen and oxygen atoms in total. The van der Waals surface area contributed by atoms with Crippen LogP contribution in [0, 0.1) is 9.39 Å². The van der Waals surface area contributed by atoms with Crippen molar-refractivity contribution in [2.75, 3.05) is 19.7 Å². The molecule has 0 radical (unpaired) electrons. The lowest BCUT2D eigenvalue weighted by atomic mass is 10.1. The van der Waals surface area contributed by atoms with Gasteiger partial charge in [0.25, 0.3) is 5.91 Å². The van der Waals surface area contributed by atoms with Crippen LogP contribution in [0.4, 0.5) is 4.39 Å². The molecule has 0 bridgehead atoms. The van der Waals surface area contributed by atoms with E-state index in [1.54, 1.807) is 4.90 Å². The summed E-state index contributed by atoms with van der Waals surface area (Å²) in [6.07, 6.45) is 0.0148. The van der Waals surface area contributed by atoms with Gasteiger partial charge in [0.05, 0.1) is 23.3 Å². The first-order valence-corrected chi connectivity index (χ1v) is 7.00. The molecular formula is C12H12ClFINO2. The molecule has 1 amide bonds. The van der Waals surface area contributed by atoms with E-state index in [0.717, 1.165) is 0 Å². The van der Waals surface area contributed by atoms with Gasteiger partial charge >= 0.3 is 0 Å². The van der Waals surface area contributed by atoms with E-state index in [0.29, 0.717) is 28.8 Å². The number of benzene rings is 1. The second kappa shape index (κ2) is 5.71. The number of ether oxygens (including phenoxy) is 1. The van der Waals surface area contributed by atoms with Crippen molar-refractivity contribution in [1.82, 2.24) is 4.90 Å². The number of nitrogens with zero attached hydrogens (tertiary/aromatic N) is 1. The summed E-state index contributed by atoms with van der Waals surface area (Å²) >= 11 is 7.78. The standard InChI is InChI=1S/C12H12ClFINO2/c1-7-6-16(2-3-18-7)12(17)8-4-11(15)10(14)5-9(8)13/h4-5,7H,2-3,6H2,1H3/t7-/m1/s1. The summed E-state index contributed by atoms with van der Waals surface area (Å²) in [7, 11) is 0. The summed E-state index contributed by atoms with van der Waals surface area (Å²) in [4.78, 5) is 14.0. The van der Waals surface area contributed by atoms with E-state index in [2.05, 4.69) is 0 Å². The molecule has 6 heteroatoms. The normalized spacial score (nSPS) is 20.0. The minimum atomic E-state index is -0.410. The lowest BCUT2D eigenvalue weighted by Crippen LogP contribution is -2.44. The summed E-state index contributed by atoms with van der Waals surface area (Å²) in [5, 5.41) is 0.150. The monoisotopic (exact) mass is 383 g/mol. The van der Waals surface area contributed by atoms with Gasteiger partial charge in [-0.05, 0) is 41.6 Å². The van der Waals surface area contributed by atoms with Crippen LogP contribution in [0.2, 0.25) is 5.02 Å². The largest absolute Gasteiger partial charge is 0.375 e. The molecule has 1 atom stereocenters. The predicted octanol–water partition coefficient (Wildman–Crippen LogP) is 2.94. The fourth-order valence-electron chi connectivity index (χ4n) is 1.86. The van der Waals surface area contributed by atoms with E-state index >= 15 is 0 Å². The Morgan fingerprint density at radius 2 is 2.33 bits per heavy atom. The molecule has 2 rings (SSSR count). The van der Waals surface area contributed by atoms with Gasteiger partial charge in [-0.2, -0.15) is 0 Å². The van der Waals surface area contributed by atoms with Crippen LogP contribution in [0.3, 0.4) is 0 Å². The van der Waals surface area contributed by atoms with Gasteiger partial charge in [0, 0.05) is 16.7 Å². The van der Waals surface area contributed by atoms with E-state index in [1.165, 1.54) is 12.1 Å². The average molecular weight is 384 g/mol. The van der Waals surface area contributed by atoms with Crippen molar-refractivity contribution in [3.8, 4) is 0 Å². The van der Waals surface area contributed by atoms with Gasteiger partial charge in [0.1, 0.15) is 5.82 Å². The molecule has 1 aliphatic rings. The molecule has 0 unspecified atom stereocenters. The summed E-state index contributed by atoms with van der Waals surface area (Å²) in [6.45, 7) is 3.49. The highest BCUT2D eigenvalue weighted by molar-refractivity contribution is 14.1. The highest BCUT2D eigenvalue weighted by atomic mass is 127. The minimum Gasteiger partial charge on any atom is -0.375 e. The topological polar surface area (TPSA) is 29.5 Å². The van der Waals surface area contributed by atoms with Gasteiger partial charge in [-0.3, -0.25) is 4.79 Å². The predicted molar refractivity (Wildman–Crippen MR) is 75.4 cm³/mol. The fraction of sp³-hybridized carbons (Fsp3) is 0.417. The van der Waals surface area contributed by atoms with E-state index < -0.39 is 5.82 Å². The molecular weight excluding hydrogens is 371 g/mol. The summed E-state index contributed by atoms with van der Waals surface area (Å²) in [5.74, 6) is -0.583. The Morgan fingerprint density at radius 3 is 3.00 bits per heavy atom. The molecule has 1 aromatic rings. The highest BCUT2D eigenvalue weighted by Gasteiger charge is 2.24. The zero-order chi connectivity index (χ0) is 13.3. The highest BCUT2D eigenvalue weighted by Crippen LogP contribution is 2.24. The van der Waals surface area contributed by atoms with Crippen LogP contribution in [-0.2, 0) is 4.74 Å². The van der Waals surface area contributed by atoms with Gasteiger partial charge in [-0.15, -0.1) is 0 Å². The zero-order valence-corrected chi connectivity index (χ0v) is 12.7. The first-order chi connectivity index (χ1) is 8.49. The maximum absolute atomic E-state index is 13.3. The smallest absolute Gasteiger partial charge is 0.255 e. The molecule has 0 N–H and O–H groups in total. The van der Waals surface area contributed by atoms with Crippen LogP contribution < -0.4 is 0 Å². The summed E-state index contributed by atoms with van der Waals surface area (Å²) in [5.41, 5.74) is 0.344. The van der Waals surface area contributed by atoms with Crippen molar-refractivity contribution >= 4 is 40.1 Å². The van der Waals surface area contributed by atoms with Crippen LogP contribution in [0.5, 0.6) is 0 Å². The molecule has 18 heavy (non-hydrogen) atoms. The van der Waals surface area contributed by atoms with Gasteiger partial charge in [0.2, 0.25) is 0 Å². The van der Waals surface area contributed by atoms with Crippen molar-refractivity contribution in [1.29, 1.82) is 0 Å². The number of hydrogen-bond donors (Lipinski definition) is 0. The molecule has 0 aromatic heterocycles. The molecule has 1 aliphatic heterocycles. The Morgan fingerprint density at radius 1 is 1.61 bits per heavy atom. The van der Waals surface area contributed by atoms with Crippen LogP contribution >= 0.6 is 34.2 Å². The Labute approximate surface area is 123 Å². The molecule has 1 aromatic carbocycles. The Balaban J connectivity index is 2.25. The van der Waals surface area contributed by atoms with Crippen molar-refractivity contribution in [3.63, 3.8) is 0 Å². The average Bonchev–Trinajstić information content (AvgIpc) is 2.33. The minimum absolute atomic E-state index is 0.0148. The van der Waals surface area contributed by atoms with Gasteiger partial charge in [-0.25, -0.2) is 4.39 Å². The fourth-order valence-corrected chi connectivity index (χ4v) is 2.56. The van der Waals surface area contributed by atoms with Crippen molar-refractivity contribution in [2.24, 2.45) is 0 Å². The first-order valence-electron chi connectivity index (χ1n) is 5.54. The third-order valence-electron chi connectivity index (χ3n) is 2.77. The van der Waals surface area contributed by atoms with Gasteiger partial charge in [0.15, 0.2) is 0 Å². The van der Waals surface area contributed by atoms with Crippen molar-refractivity contribution in [2.45, 2.75) is 13.0 Å². The molecule has 1 fully saturated rings. The second-order valence-corrected chi connectivity index (χ2v) is 5.75. The zero-order valence-electron chi connectivity index (χ0n) is 9.75. The number of carbonyl (C=O) groups excluding carboxylic acids is 1. The van der Waals surface area contributed by atoms with Crippen LogP contribution in [-0.4, -0.2) is 36.6 Å². The number of halogens is 3. The number of carbonyl (C=O) groups is 1. The van der Waals surface area contributed by atoms with Crippen LogP contribution in [0.25, 0.3) is 0 Å². The number of amides is 1. The molecule has 0 spiro atoms. The SMILES string of the molecule is C[C@@H]1CN(C(=O)c2cc(I)c(F)cc2Cl)CCO1. The van der Waals surface area contributed by atoms with Crippen molar-refractivity contribution in [3.05, 3.63) is 32.1 Å². The van der Waals surface area contributed by atoms with E-state index in [1.807, 2.05) is 29.5 Å². The number of hydrogen-bond acceptors (Lipinski definition) is 2. The third-order valence-corrected chi connectivity index (χ3v) is 3.91. The first kappa shape index (κ1) is 14.0. The van der Waals surface area contributed by atoms with Crippen LogP contribution in [0.15, 0.2) is 12.1 Å². The van der Waals surface area contributed by atoms with E-state index in [-0.39, 0.29) is 17.0 Å². The molecule has 1 heterocycles. The quantitative estimate of drug-likeness (QED) is 0.551. The Hall–Kier alpha value is -0.400. The maximum atomic E-state index is 13.3. The number of rotatable bonds is 1. The number of morpholine rings is 1. The maximum Gasteiger partial charge on any atom is 0.255 e. The lowest BCUT2D eigenvalue weighted by molar-refractivity contribution is -0.0124. The van der Waals surface area contributed by atoms with E-state index in [4.69, 9.17) is 16.3 Å². The van der Waals surface area contributed by atoms with Crippen LogP contribution in [0.1, 0.15) is 17.3 Å². The molecule has 1 saturated heterocycles. The van der Waals surface area contributed by atoms with Crippen molar-refractivity contribution < 1.29 is 13.9 Å². The van der Waals surface area contributed by atoms with Gasteiger partial charge in [-0.1, -0.05) is 11.6 Å². The molecule has 98 valence electrons. The van der Waals surface area contributed by atoms with E-state index in [9.17, 15) is 9.18 Å². The Kier molecular flexibility index (Phi) is 4.45. The second-order valence-electron chi connectivity index (χ2n) is 4.18. The molecule has 0 aliphatic carbocycles.